The Kier molecular flexibility index (Phi) is 22.7. The summed E-state index contributed by atoms with van der Waals surface area (Å²) in [6, 6.07) is 8.72. The van der Waals surface area contributed by atoms with Gasteiger partial charge in [0.15, 0.2) is 11.4 Å². The zero-order chi connectivity index (χ0) is 45.5. The molecule has 0 bridgehead atoms. The lowest BCUT2D eigenvalue weighted by Crippen LogP contribution is -2.44. The number of unbranched alkanes of at least 4 members (excludes halogenated alkanes) is 15. The molecule has 18 heteroatoms. The van der Waals surface area contributed by atoms with Crippen molar-refractivity contribution in [3.63, 3.8) is 0 Å². The number of ether oxygens (including phenoxy) is 5. The van der Waals surface area contributed by atoms with Gasteiger partial charge in [-0.05, 0) is 43.0 Å². The van der Waals surface area contributed by atoms with E-state index in [9.17, 15) is 24.9 Å². The normalized spacial score (nSPS) is 20.1. The number of aliphatic imine (C=N–C) groups is 1. The number of benzene rings is 1. The highest BCUT2D eigenvalue weighted by molar-refractivity contribution is 7.47. The van der Waals surface area contributed by atoms with Crippen LogP contribution < -0.4 is 15.2 Å². The lowest BCUT2D eigenvalue weighted by atomic mass is 9.91. The van der Waals surface area contributed by atoms with E-state index in [0.717, 1.165) is 19.3 Å². The van der Waals surface area contributed by atoms with Crippen LogP contribution in [-0.4, -0.2) is 109 Å². The predicted molar refractivity (Wildman–Crippen MR) is 240 cm³/mol. The van der Waals surface area contributed by atoms with Crippen molar-refractivity contribution in [1.82, 2.24) is 14.6 Å². The molecule has 17 nitrogen and oxygen atoms in total. The van der Waals surface area contributed by atoms with Gasteiger partial charge < -0.3 is 44.5 Å². The summed E-state index contributed by atoms with van der Waals surface area (Å²) in [5, 5.41) is 36.1. The number of nitrogen functional groups attached to an aromatic ring is 1. The van der Waals surface area contributed by atoms with Crippen molar-refractivity contribution in [1.29, 1.82) is 5.26 Å². The third kappa shape index (κ3) is 15.8. The van der Waals surface area contributed by atoms with E-state index in [0.29, 0.717) is 34.9 Å². The zero-order valence-corrected chi connectivity index (χ0v) is 38.4. The Bertz CT molecular complexity index is 1870. The van der Waals surface area contributed by atoms with Crippen molar-refractivity contribution in [3.05, 3.63) is 47.4 Å². The Labute approximate surface area is 372 Å². The summed E-state index contributed by atoms with van der Waals surface area (Å²) in [6.07, 6.45) is 17.3. The number of nitrogens with two attached hydrogens (primary N) is 1. The Morgan fingerprint density at radius 2 is 1.51 bits per heavy atom. The monoisotopic (exact) mass is 902 g/mol. The molecule has 1 aromatic carbocycles. The van der Waals surface area contributed by atoms with Crippen molar-refractivity contribution in [3.8, 4) is 17.6 Å². The topological polar surface area (TPSA) is 235 Å². The molecule has 5 N–H and O–H groups in total. The second-order valence-corrected chi connectivity index (χ2v) is 17.8. The summed E-state index contributed by atoms with van der Waals surface area (Å²) in [6.45, 7) is 5.67. The Hall–Kier alpha value is -3.69. The van der Waals surface area contributed by atoms with Gasteiger partial charge in [-0.1, -0.05) is 103 Å². The number of rotatable bonds is 34. The highest BCUT2D eigenvalue weighted by Gasteiger charge is 2.57. The van der Waals surface area contributed by atoms with Crippen LogP contribution in [0.3, 0.4) is 0 Å². The maximum atomic E-state index is 13.2. The summed E-state index contributed by atoms with van der Waals surface area (Å²) in [5.41, 5.74) is 6.08. The molecule has 3 heterocycles. The molecule has 0 radical (unpaired) electrons. The van der Waals surface area contributed by atoms with E-state index >= 15 is 0 Å². The lowest BCUT2D eigenvalue weighted by molar-refractivity contribution is -0.0946. The molecule has 63 heavy (non-hydrogen) atoms. The minimum Gasteiger partial charge on any atom is -0.495 e. The van der Waals surface area contributed by atoms with Gasteiger partial charge in [-0.2, -0.15) is 10.4 Å². The Morgan fingerprint density at radius 1 is 0.921 bits per heavy atom. The molecule has 6 atom stereocenters. The third-order valence-electron chi connectivity index (χ3n) is 11.5. The smallest absolute Gasteiger partial charge is 0.472 e. The van der Waals surface area contributed by atoms with Gasteiger partial charge in [0.2, 0.25) is 0 Å². The molecule has 0 spiro atoms. The van der Waals surface area contributed by atoms with E-state index in [-0.39, 0.29) is 44.4 Å². The number of phosphoric acid groups is 1. The second kappa shape index (κ2) is 27.6. The number of nitriles is 1. The molecule has 352 valence electrons. The molecule has 1 fully saturated rings. The van der Waals surface area contributed by atoms with Crippen LogP contribution in [0.25, 0.3) is 5.52 Å². The number of fused-ring (bicyclic) bond motifs is 1. The second-order valence-electron chi connectivity index (χ2n) is 16.3. The van der Waals surface area contributed by atoms with Crippen LogP contribution in [0.1, 0.15) is 126 Å². The van der Waals surface area contributed by atoms with Gasteiger partial charge in [-0.3, -0.25) is 14.0 Å². The van der Waals surface area contributed by atoms with Crippen molar-refractivity contribution >= 4 is 25.9 Å². The van der Waals surface area contributed by atoms with Crippen LogP contribution in [0, 0.1) is 17.2 Å². The summed E-state index contributed by atoms with van der Waals surface area (Å²) in [7, 11) is -1.80. The summed E-state index contributed by atoms with van der Waals surface area (Å²) >= 11 is 0. The first-order valence-corrected chi connectivity index (χ1v) is 24.0. The molecule has 0 aliphatic carbocycles. The van der Waals surface area contributed by atoms with Crippen LogP contribution in [0.15, 0.2) is 35.6 Å². The van der Waals surface area contributed by atoms with E-state index in [4.69, 9.17) is 38.5 Å². The van der Waals surface area contributed by atoms with E-state index in [1.807, 2.05) is 0 Å². The van der Waals surface area contributed by atoms with Gasteiger partial charge in [-0.15, -0.1) is 0 Å². The first kappa shape index (κ1) is 51.9. The summed E-state index contributed by atoms with van der Waals surface area (Å²) in [5.74, 6) is 0.403. The van der Waals surface area contributed by atoms with Gasteiger partial charge >= 0.3 is 7.82 Å². The minimum atomic E-state index is -4.73. The van der Waals surface area contributed by atoms with Crippen LogP contribution in [0.2, 0.25) is 0 Å². The average Bonchev–Trinajstić information content (AvgIpc) is 3.83. The predicted octanol–water partition coefficient (Wildman–Crippen LogP) is 7.46. The molecule has 1 aliphatic rings. The van der Waals surface area contributed by atoms with E-state index in [1.54, 1.807) is 24.3 Å². The maximum Gasteiger partial charge on any atom is 0.472 e. The van der Waals surface area contributed by atoms with E-state index < -0.39 is 44.3 Å². The highest BCUT2D eigenvalue weighted by Crippen LogP contribution is 2.47. The van der Waals surface area contributed by atoms with Crippen molar-refractivity contribution < 1.29 is 52.4 Å². The highest BCUT2D eigenvalue weighted by atomic mass is 31.2. The van der Waals surface area contributed by atoms with Crippen LogP contribution in [0.4, 0.5) is 5.82 Å². The molecule has 4 rings (SSSR count). The molecule has 1 unspecified atom stereocenters. The number of hydrogen-bond donors (Lipinski definition) is 4. The first-order chi connectivity index (χ1) is 30.5. The largest absolute Gasteiger partial charge is 0.495 e. The number of anilines is 1. The van der Waals surface area contributed by atoms with Crippen LogP contribution in [-0.2, 0) is 40.0 Å². The molecule has 0 saturated carbocycles. The van der Waals surface area contributed by atoms with Crippen molar-refractivity contribution in [2.45, 2.75) is 140 Å². The van der Waals surface area contributed by atoms with E-state index in [2.05, 4.69) is 34.8 Å². The fraction of sp³-hybridized carbons (Fsp3) is 0.689. The molecular weight excluding hydrogens is 831 g/mol. The fourth-order valence-electron chi connectivity index (χ4n) is 7.94. The zero-order valence-electron chi connectivity index (χ0n) is 37.5. The van der Waals surface area contributed by atoms with Gasteiger partial charge in [0, 0.05) is 12.5 Å². The van der Waals surface area contributed by atoms with Gasteiger partial charge in [0.25, 0.3) is 0 Å². The number of aliphatic hydroxyl groups excluding tert-OH is 2. The first-order valence-electron chi connectivity index (χ1n) is 22.5. The summed E-state index contributed by atoms with van der Waals surface area (Å²) in [4.78, 5) is 18.7. The molecular formula is C45H71N6O11P. The quantitative estimate of drug-likeness (QED) is 0.0259. The lowest BCUT2D eigenvalue weighted by Gasteiger charge is -2.30. The van der Waals surface area contributed by atoms with Crippen LogP contribution >= 0.6 is 7.82 Å². The number of hydrogen-bond acceptors (Lipinski definition) is 15. The number of phosphoric ester groups is 1. The molecule has 2 aromatic heterocycles. The van der Waals surface area contributed by atoms with Crippen molar-refractivity contribution in [2.75, 3.05) is 59.5 Å². The summed E-state index contributed by atoms with van der Waals surface area (Å²) < 4.78 is 54.4. The number of aromatic nitrogens is 3. The molecule has 0 amide bonds. The molecule has 3 aromatic rings. The molecule has 1 saturated heterocycles. The Balaban J connectivity index is 1.25. The third-order valence-corrected chi connectivity index (χ3v) is 12.4. The van der Waals surface area contributed by atoms with Gasteiger partial charge in [0.05, 0.1) is 59.5 Å². The number of aliphatic hydroxyl groups is 2. The van der Waals surface area contributed by atoms with Gasteiger partial charge in [0.1, 0.15) is 53.3 Å². The minimum absolute atomic E-state index is 0.0939. The maximum absolute atomic E-state index is 13.2. The molecule has 1 aliphatic heterocycles. The average molecular weight is 903 g/mol. The number of methoxy groups -OCH3 is 2. The Morgan fingerprint density at radius 3 is 2.08 bits per heavy atom. The van der Waals surface area contributed by atoms with Crippen LogP contribution in [0.5, 0.6) is 11.5 Å². The standard InChI is InChI=1S/C45H71N6O11P/c1-5-6-7-8-9-10-11-12-13-14-15-16-17-18-19-20-23-58-28-35(29-59-27-34-24-38(56-3)36(26-46)39(25-34)57-4)30-60-63(54,55)61-31-40-42(52)43(53)45(62-40,32-48-2)41-22-21-37-44(47)49-33-50-51(37)41/h21-22,24-25,33,35,40,42-43,52-53H,2,5-20,23,27-32H2,1,3-4H3,(H,54,55)(H2,47,49,50)/t35-,40+,42+,43+,45-/m0/s1. The van der Waals surface area contributed by atoms with E-state index in [1.165, 1.54) is 109 Å². The van der Waals surface area contributed by atoms with Crippen molar-refractivity contribution in [2.24, 2.45) is 10.9 Å². The number of nitrogens with zero attached hydrogens (tertiary/aromatic N) is 5. The van der Waals surface area contributed by atoms with Gasteiger partial charge in [-0.25, -0.2) is 14.1 Å². The SMILES string of the molecule is C=NC[C@@]1(c2ccc3c(N)ncnn23)O[C@H](COP(=O)(O)OC[C@@H](COCCCCCCCCCCCCCCCCCC)COCc2cc(OC)c(C#N)c(OC)c2)[C@@H](O)[C@H]1O. The fourth-order valence-corrected chi connectivity index (χ4v) is 8.75.